The van der Waals surface area contributed by atoms with E-state index in [1.54, 1.807) is 61.9 Å². The highest BCUT2D eigenvalue weighted by molar-refractivity contribution is 6.07. The largest absolute Gasteiger partial charge is 0.507 e. The normalized spacial score (nSPS) is 10.8. The van der Waals surface area contributed by atoms with Crippen LogP contribution >= 0.6 is 0 Å². The number of carbonyl (C=O) groups is 1. The van der Waals surface area contributed by atoms with Gasteiger partial charge in [-0.15, -0.1) is 0 Å². The summed E-state index contributed by atoms with van der Waals surface area (Å²) in [6.45, 7) is 0. The van der Waals surface area contributed by atoms with Crippen LogP contribution in [0.2, 0.25) is 0 Å². The van der Waals surface area contributed by atoms with Crippen molar-refractivity contribution in [3.8, 4) is 28.4 Å². The van der Waals surface area contributed by atoms with E-state index in [0.717, 1.165) is 0 Å². The summed E-state index contributed by atoms with van der Waals surface area (Å²) < 4.78 is 15.8. The van der Waals surface area contributed by atoms with Gasteiger partial charge in [-0.3, -0.25) is 4.79 Å². The van der Waals surface area contributed by atoms with Gasteiger partial charge >= 0.3 is 0 Å². The van der Waals surface area contributed by atoms with Gasteiger partial charge in [0.15, 0.2) is 5.78 Å². The zero-order valence-corrected chi connectivity index (χ0v) is 14.4. The van der Waals surface area contributed by atoms with Crippen LogP contribution in [0.1, 0.15) is 16.1 Å². The first-order valence-electron chi connectivity index (χ1n) is 7.93. The molecule has 3 aromatic rings. The quantitative estimate of drug-likeness (QED) is 0.521. The fourth-order valence-electron chi connectivity index (χ4n) is 2.57. The first-order valence-corrected chi connectivity index (χ1v) is 7.93. The second kappa shape index (κ2) is 7.61. The number of allylic oxidation sites excluding steroid dienone is 1. The van der Waals surface area contributed by atoms with E-state index < -0.39 is 0 Å². The number of hydrogen-bond donors (Lipinski definition) is 1. The van der Waals surface area contributed by atoms with Gasteiger partial charge in [-0.25, -0.2) is 0 Å². The maximum Gasteiger partial charge on any atom is 0.185 e. The Morgan fingerprint density at radius 2 is 1.88 bits per heavy atom. The van der Waals surface area contributed by atoms with E-state index in [1.807, 2.05) is 0 Å². The Balaban J connectivity index is 1.97. The summed E-state index contributed by atoms with van der Waals surface area (Å²) in [5, 5.41) is 10.3. The molecule has 0 atom stereocenters. The molecule has 132 valence electrons. The van der Waals surface area contributed by atoms with Crippen LogP contribution in [-0.2, 0) is 0 Å². The molecular formula is C21H18O5. The minimum absolute atomic E-state index is 0.0556. The van der Waals surface area contributed by atoms with Crippen LogP contribution in [0.3, 0.4) is 0 Å². The zero-order valence-electron chi connectivity index (χ0n) is 14.4. The molecule has 0 bridgehead atoms. The molecule has 0 unspecified atom stereocenters. The van der Waals surface area contributed by atoms with Gasteiger partial charge in [-0.05, 0) is 54.6 Å². The topological polar surface area (TPSA) is 68.9 Å². The molecule has 0 saturated carbocycles. The summed E-state index contributed by atoms with van der Waals surface area (Å²) in [6, 6.07) is 13.5. The third-order valence-electron chi connectivity index (χ3n) is 3.92. The number of phenols is 1. The van der Waals surface area contributed by atoms with Gasteiger partial charge in [0.1, 0.15) is 23.0 Å². The Bertz CT molecular complexity index is 939. The smallest absolute Gasteiger partial charge is 0.185 e. The van der Waals surface area contributed by atoms with Gasteiger partial charge in [-0.1, -0.05) is 0 Å². The van der Waals surface area contributed by atoms with Crippen molar-refractivity contribution in [2.24, 2.45) is 0 Å². The Morgan fingerprint density at radius 3 is 2.58 bits per heavy atom. The van der Waals surface area contributed by atoms with E-state index in [2.05, 4.69) is 0 Å². The number of carbonyl (C=O) groups excluding carboxylic acids is 1. The molecule has 5 heteroatoms. The molecule has 2 aromatic carbocycles. The molecule has 3 rings (SSSR count). The van der Waals surface area contributed by atoms with Gasteiger partial charge in [0, 0.05) is 22.8 Å². The number of ether oxygens (including phenoxy) is 2. The summed E-state index contributed by atoms with van der Waals surface area (Å²) in [5.74, 6) is 1.62. The van der Waals surface area contributed by atoms with Crippen LogP contribution < -0.4 is 9.47 Å². The van der Waals surface area contributed by atoms with Crippen molar-refractivity contribution in [3.05, 3.63) is 72.2 Å². The molecule has 1 N–H and O–H groups in total. The van der Waals surface area contributed by atoms with Gasteiger partial charge < -0.3 is 19.0 Å². The molecular weight excluding hydrogens is 332 g/mol. The second-order valence-electron chi connectivity index (χ2n) is 5.51. The van der Waals surface area contributed by atoms with Crippen LogP contribution in [0.25, 0.3) is 17.2 Å². The molecule has 0 aliphatic carbocycles. The maximum atomic E-state index is 12.4. The maximum absolute atomic E-state index is 12.4. The number of ketones is 1. The molecule has 0 saturated heterocycles. The van der Waals surface area contributed by atoms with E-state index in [4.69, 9.17) is 13.9 Å². The van der Waals surface area contributed by atoms with Crippen molar-refractivity contribution < 1.29 is 23.8 Å². The molecule has 5 nitrogen and oxygen atoms in total. The van der Waals surface area contributed by atoms with E-state index in [1.165, 1.54) is 19.3 Å². The fraction of sp³-hybridized carbons (Fsp3) is 0.0952. The number of hydrogen-bond acceptors (Lipinski definition) is 5. The minimum Gasteiger partial charge on any atom is -0.507 e. The molecule has 1 heterocycles. The fourth-order valence-corrected chi connectivity index (χ4v) is 2.57. The van der Waals surface area contributed by atoms with Crippen molar-refractivity contribution in [1.82, 2.24) is 0 Å². The molecule has 0 amide bonds. The Hall–Kier alpha value is -3.47. The molecule has 0 fully saturated rings. The lowest BCUT2D eigenvalue weighted by molar-refractivity contribution is 0.104. The highest BCUT2D eigenvalue weighted by Crippen LogP contribution is 2.38. The van der Waals surface area contributed by atoms with Gasteiger partial charge in [0.05, 0.1) is 20.5 Å². The molecule has 0 spiro atoms. The Kier molecular flexibility index (Phi) is 5.08. The zero-order chi connectivity index (χ0) is 18.5. The van der Waals surface area contributed by atoms with Gasteiger partial charge in [-0.2, -0.15) is 0 Å². The number of phenolic OH excluding ortho intramolecular Hbond substituents is 1. The predicted octanol–water partition coefficient (Wildman–Crippen LogP) is 4.57. The lowest BCUT2D eigenvalue weighted by Crippen LogP contribution is -1.96. The second-order valence-corrected chi connectivity index (χ2v) is 5.51. The number of rotatable bonds is 6. The van der Waals surface area contributed by atoms with Gasteiger partial charge in [0.25, 0.3) is 0 Å². The van der Waals surface area contributed by atoms with Crippen molar-refractivity contribution >= 4 is 11.9 Å². The molecule has 0 radical (unpaired) electrons. The first-order chi connectivity index (χ1) is 12.6. The van der Waals surface area contributed by atoms with Crippen LogP contribution in [0.5, 0.6) is 17.2 Å². The third-order valence-corrected chi connectivity index (χ3v) is 3.92. The summed E-state index contributed by atoms with van der Waals surface area (Å²) in [6.07, 6.45) is 4.57. The summed E-state index contributed by atoms with van der Waals surface area (Å²) in [5.41, 5.74) is 1.61. The van der Waals surface area contributed by atoms with Crippen molar-refractivity contribution in [2.75, 3.05) is 14.2 Å². The molecule has 1 aromatic heterocycles. The lowest BCUT2D eigenvalue weighted by Gasteiger charge is -2.12. The highest BCUT2D eigenvalue weighted by Gasteiger charge is 2.14. The van der Waals surface area contributed by atoms with Crippen molar-refractivity contribution in [1.29, 1.82) is 0 Å². The van der Waals surface area contributed by atoms with E-state index in [0.29, 0.717) is 33.9 Å². The highest BCUT2D eigenvalue weighted by atomic mass is 16.5. The van der Waals surface area contributed by atoms with Crippen LogP contribution in [0, 0.1) is 0 Å². The van der Waals surface area contributed by atoms with Crippen molar-refractivity contribution in [3.63, 3.8) is 0 Å². The van der Waals surface area contributed by atoms with Crippen LogP contribution in [0.4, 0.5) is 0 Å². The first kappa shape index (κ1) is 17.4. The Morgan fingerprint density at radius 1 is 1.04 bits per heavy atom. The molecule has 0 aliphatic heterocycles. The summed E-state index contributed by atoms with van der Waals surface area (Å²) in [7, 11) is 3.10. The van der Waals surface area contributed by atoms with E-state index in [9.17, 15) is 9.90 Å². The summed E-state index contributed by atoms with van der Waals surface area (Å²) >= 11 is 0. The third kappa shape index (κ3) is 3.62. The standard InChI is InChI=1S/C21H18O5/c1-24-16-6-8-17(21(13-16)25-2)18-12-14(5-9-20(18)23)19(22)10-7-15-4-3-11-26-15/h3-13,23H,1-2H3/b10-7+. The van der Waals surface area contributed by atoms with Gasteiger partial charge in [0.2, 0.25) is 0 Å². The number of aromatic hydroxyl groups is 1. The van der Waals surface area contributed by atoms with E-state index in [-0.39, 0.29) is 11.5 Å². The van der Waals surface area contributed by atoms with E-state index >= 15 is 0 Å². The number of benzene rings is 2. The summed E-state index contributed by atoms with van der Waals surface area (Å²) in [4.78, 5) is 12.4. The lowest BCUT2D eigenvalue weighted by atomic mass is 9.99. The number of furan rings is 1. The molecule has 0 aliphatic rings. The molecule has 26 heavy (non-hydrogen) atoms. The average Bonchev–Trinajstić information content (AvgIpc) is 3.19. The van der Waals surface area contributed by atoms with Crippen LogP contribution in [0.15, 0.2) is 65.3 Å². The monoisotopic (exact) mass is 350 g/mol. The predicted molar refractivity (Wildman–Crippen MR) is 98.7 cm³/mol. The number of methoxy groups -OCH3 is 2. The van der Waals surface area contributed by atoms with Crippen LogP contribution in [-0.4, -0.2) is 25.1 Å². The minimum atomic E-state index is -0.199. The van der Waals surface area contributed by atoms with Crippen molar-refractivity contribution in [2.45, 2.75) is 0 Å². The Labute approximate surface area is 151 Å². The average molecular weight is 350 g/mol. The SMILES string of the molecule is COc1ccc(-c2cc(C(=O)/C=C/c3ccco3)ccc2O)c(OC)c1.